The van der Waals surface area contributed by atoms with Crippen molar-refractivity contribution in [3.63, 3.8) is 0 Å². The zero-order chi connectivity index (χ0) is 11.4. The van der Waals surface area contributed by atoms with E-state index in [1.807, 2.05) is 24.4 Å². The summed E-state index contributed by atoms with van der Waals surface area (Å²) in [6.07, 6.45) is 2.26. The van der Waals surface area contributed by atoms with E-state index in [0.29, 0.717) is 12.1 Å². The minimum absolute atomic E-state index is 0.0904. The van der Waals surface area contributed by atoms with Crippen LogP contribution in [0.2, 0.25) is 0 Å². The number of carbonyl (C=O) groups excluding carboxylic acids is 1. The van der Waals surface area contributed by atoms with Crippen LogP contribution in [0.4, 0.5) is 0 Å². The maximum atomic E-state index is 11.4. The maximum absolute atomic E-state index is 11.4. The lowest BCUT2D eigenvalue weighted by atomic mass is 10.2. The molecular formula is C12H11NOS2. The van der Waals surface area contributed by atoms with Gasteiger partial charge in [0, 0.05) is 17.5 Å². The van der Waals surface area contributed by atoms with Crippen molar-refractivity contribution >= 4 is 28.9 Å². The zero-order valence-electron chi connectivity index (χ0n) is 8.84. The van der Waals surface area contributed by atoms with Gasteiger partial charge in [-0.2, -0.15) is 0 Å². The fraction of sp³-hybridized carbons (Fsp3) is 0.167. The van der Waals surface area contributed by atoms with Crippen LogP contribution in [-0.4, -0.2) is 10.8 Å². The Hall–Kier alpha value is -1.13. The van der Waals surface area contributed by atoms with E-state index in [4.69, 9.17) is 0 Å². The van der Waals surface area contributed by atoms with E-state index in [2.05, 4.69) is 11.1 Å². The first-order valence-corrected chi connectivity index (χ1v) is 6.70. The van der Waals surface area contributed by atoms with Crippen molar-refractivity contribution in [3.05, 3.63) is 41.5 Å². The van der Waals surface area contributed by atoms with Gasteiger partial charge in [0.2, 0.25) is 0 Å². The maximum Gasteiger partial charge on any atom is 0.180 e. The summed E-state index contributed by atoms with van der Waals surface area (Å²) in [4.78, 5) is 16.6. The third-order valence-corrected chi connectivity index (χ3v) is 4.07. The van der Waals surface area contributed by atoms with Crippen LogP contribution in [0.3, 0.4) is 0 Å². The summed E-state index contributed by atoms with van der Waals surface area (Å²) in [7, 11) is 0. The van der Waals surface area contributed by atoms with Crippen molar-refractivity contribution in [2.45, 2.75) is 22.4 Å². The number of carbonyl (C=O) groups is 1. The summed E-state index contributed by atoms with van der Waals surface area (Å²) in [5, 5.41) is 2.05. The van der Waals surface area contributed by atoms with Crippen LogP contribution < -0.4 is 0 Å². The number of aromatic nitrogens is 1. The number of nitrogens with zero attached hydrogens (tertiary/aromatic N) is 1. The van der Waals surface area contributed by atoms with Gasteiger partial charge in [-0.1, -0.05) is 24.8 Å². The van der Waals surface area contributed by atoms with E-state index in [-0.39, 0.29) is 5.78 Å². The molecule has 0 atom stereocenters. The van der Waals surface area contributed by atoms with Crippen molar-refractivity contribution in [2.75, 3.05) is 0 Å². The molecule has 0 amide bonds. The largest absolute Gasteiger partial charge is 0.292 e. The van der Waals surface area contributed by atoms with Crippen LogP contribution in [-0.2, 0) is 0 Å². The van der Waals surface area contributed by atoms with E-state index >= 15 is 0 Å². The summed E-state index contributed by atoms with van der Waals surface area (Å²) in [5.74, 6) is 0.0904. The molecule has 0 radical (unpaired) electrons. The molecule has 0 spiro atoms. The van der Waals surface area contributed by atoms with Gasteiger partial charge >= 0.3 is 0 Å². The molecule has 0 aliphatic rings. The van der Waals surface area contributed by atoms with Crippen molar-refractivity contribution in [1.82, 2.24) is 4.98 Å². The summed E-state index contributed by atoms with van der Waals surface area (Å²) < 4.78 is 1.23. The highest BCUT2D eigenvalue weighted by Gasteiger charge is 2.05. The number of rotatable bonds is 4. The van der Waals surface area contributed by atoms with Gasteiger partial charge in [0.25, 0.3) is 0 Å². The van der Waals surface area contributed by atoms with Crippen molar-refractivity contribution in [1.29, 1.82) is 0 Å². The average molecular weight is 249 g/mol. The molecule has 2 rings (SSSR count). The van der Waals surface area contributed by atoms with Crippen LogP contribution in [0.1, 0.15) is 23.8 Å². The highest BCUT2D eigenvalue weighted by Crippen LogP contribution is 2.30. The van der Waals surface area contributed by atoms with Crippen LogP contribution in [0.25, 0.3) is 0 Å². The third kappa shape index (κ3) is 2.71. The molecule has 82 valence electrons. The average Bonchev–Trinajstić information content (AvgIpc) is 2.82. The molecule has 0 fully saturated rings. The fourth-order valence-corrected chi connectivity index (χ4v) is 2.94. The van der Waals surface area contributed by atoms with Crippen LogP contribution >= 0.6 is 23.1 Å². The van der Waals surface area contributed by atoms with Crippen LogP contribution in [0.5, 0.6) is 0 Å². The molecular weight excluding hydrogens is 238 g/mol. The Morgan fingerprint density at radius 3 is 2.88 bits per heavy atom. The molecule has 0 unspecified atom stereocenters. The monoisotopic (exact) mass is 249 g/mol. The second kappa shape index (κ2) is 5.27. The van der Waals surface area contributed by atoms with E-state index in [1.54, 1.807) is 35.4 Å². The molecule has 2 nitrogen and oxygen atoms in total. The van der Waals surface area contributed by atoms with Gasteiger partial charge in [0.05, 0.1) is 4.21 Å². The lowest BCUT2D eigenvalue weighted by Gasteiger charge is -2.00. The predicted octanol–water partition coefficient (Wildman–Crippen LogP) is 3.89. The minimum atomic E-state index is 0.0904. The second-order valence-corrected chi connectivity index (χ2v) is 5.51. The topological polar surface area (TPSA) is 30.0 Å². The van der Waals surface area contributed by atoms with Crippen molar-refractivity contribution < 1.29 is 4.79 Å². The van der Waals surface area contributed by atoms with Gasteiger partial charge in [-0.15, -0.1) is 11.3 Å². The number of Topliss-reactive ketones (excluding diaryl/α,β-unsaturated/α-hetero) is 1. The van der Waals surface area contributed by atoms with Crippen molar-refractivity contribution in [3.8, 4) is 0 Å². The first-order chi connectivity index (χ1) is 7.79. The smallest absolute Gasteiger partial charge is 0.180 e. The first-order valence-electron chi connectivity index (χ1n) is 5.00. The highest BCUT2D eigenvalue weighted by molar-refractivity contribution is 8.01. The molecule has 4 heteroatoms. The van der Waals surface area contributed by atoms with E-state index in [9.17, 15) is 4.79 Å². The molecule has 2 heterocycles. The van der Waals surface area contributed by atoms with Gasteiger partial charge in [-0.25, -0.2) is 0 Å². The zero-order valence-corrected chi connectivity index (χ0v) is 10.5. The highest BCUT2D eigenvalue weighted by atomic mass is 32.2. The number of ketones is 1. The molecule has 2 aromatic heterocycles. The summed E-state index contributed by atoms with van der Waals surface area (Å²) >= 11 is 3.37. The molecule has 0 saturated carbocycles. The van der Waals surface area contributed by atoms with E-state index < -0.39 is 0 Å². The fourth-order valence-electron chi connectivity index (χ4n) is 1.22. The molecule has 0 aromatic carbocycles. The number of hydrogen-bond donors (Lipinski definition) is 0. The van der Waals surface area contributed by atoms with Gasteiger partial charge in [-0.3, -0.25) is 9.78 Å². The van der Waals surface area contributed by atoms with Gasteiger partial charge in [0.15, 0.2) is 5.78 Å². The number of pyridine rings is 1. The van der Waals surface area contributed by atoms with E-state index in [0.717, 1.165) is 4.90 Å². The Morgan fingerprint density at radius 2 is 2.31 bits per heavy atom. The Bertz CT molecular complexity index is 462. The first kappa shape index (κ1) is 11.4. The predicted molar refractivity (Wildman–Crippen MR) is 67.3 cm³/mol. The number of thiophene rings is 1. The molecule has 16 heavy (non-hydrogen) atoms. The third-order valence-electron chi connectivity index (χ3n) is 2.06. The summed E-state index contributed by atoms with van der Waals surface area (Å²) in [5.41, 5.74) is 0.554. The summed E-state index contributed by atoms with van der Waals surface area (Å²) in [6, 6.07) is 7.83. The van der Waals surface area contributed by atoms with Gasteiger partial charge in [0.1, 0.15) is 5.69 Å². The lowest BCUT2D eigenvalue weighted by Crippen LogP contribution is -1.99. The van der Waals surface area contributed by atoms with Crippen LogP contribution in [0, 0.1) is 0 Å². The second-order valence-electron chi connectivity index (χ2n) is 3.19. The normalized spacial score (nSPS) is 10.3. The quantitative estimate of drug-likeness (QED) is 0.770. The minimum Gasteiger partial charge on any atom is -0.292 e. The Morgan fingerprint density at radius 1 is 1.44 bits per heavy atom. The molecule has 0 aliphatic heterocycles. The standard InChI is InChI=1S/C12H11NOS2/c1-2-11(14)10-6-5-9(8-13-10)16-12-4-3-7-15-12/h3-8H,2H2,1H3. The SMILES string of the molecule is CCC(=O)c1ccc(Sc2cccs2)cn1. The molecule has 0 bridgehead atoms. The van der Waals surface area contributed by atoms with E-state index in [1.165, 1.54) is 4.21 Å². The Balaban J connectivity index is 2.10. The number of hydrogen-bond acceptors (Lipinski definition) is 4. The molecule has 0 aliphatic carbocycles. The Kier molecular flexibility index (Phi) is 3.74. The molecule has 2 aromatic rings. The van der Waals surface area contributed by atoms with Crippen molar-refractivity contribution in [2.24, 2.45) is 0 Å². The Labute approximate surface area is 103 Å². The molecule has 0 saturated heterocycles. The molecule has 0 N–H and O–H groups in total. The van der Waals surface area contributed by atoms with Crippen LogP contribution in [0.15, 0.2) is 44.9 Å². The van der Waals surface area contributed by atoms with Gasteiger partial charge < -0.3 is 0 Å². The summed E-state index contributed by atoms with van der Waals surface area (Å²) in [6.45, 7) is 1.85. The van der Waals surface area contributed by atoms with Gasteiger partial charge in [-0.05, 0) is 23.6 Å². The lowest BCUT2D eigenvalue weighted by molar-refractivity contribution is 0.0983.